The third-order valence-corrected chi connectivity index (χ3v) is 5.24. The number of rotatable bonds is 3. The highest BCUT2D eigenvalue weighted by Gasteiger charge is 2.36. The molecular formula is C22H18Cl2N4O2. The minimum absolute atomic E-state index is 0.281. The van der Waals surface area contributed by atoms with Gasteiger partial charge in [0, 0.05) is 39.5 Å². The van der Waals surface area contributed by atoms with Gasteiger partial charge in [-0.25, -0.2) is 4.79 Å². The Bertz CT molecular complexity index is 1140. The van der Waals surface area contributed by atoms with Gasteiger partial charge in [-0.3, -0.25) is 9.78 Å². The van der Waals surface area contributed by atoms with E-state index in [0.717, 1.165) is 16.5 Å². The van der Waals surface area contributed by atoms with Crippen LogP contribution in [0.4, 0.5) is 16.2 Å². The zero-order valence-corrected chi connectivity index (χ0v) is 17.4. The van der Waals surface area contributed by atoms with Crippen LogP contribution in [0.3, 0.4) is 0 Å². The predicted octanol–water partition coefficient (Wildman–Crippen LogP) is 5.34. The SMILES string of the molecule is C=C1CC(C(=O)Nc2ccc3ncccc3c2)N(C(=O)Nc2cc(Cl)cc(Cl)c2)C1. The van der Waals surface area contributed by atoms with E-state index >= 15 is 0 Å². The Morgan fingerprint density at radius 3 is 2.57 bits per heavy atom. The van der Waals surface area contributed by atoms with Crippen LogP contribution in [0.2, 0.25) is 10.0 Å². The quantitative estimate of drug-likeness (QED) is 0.539. The maximum absolute atomic E-state index is 12.9. The van der Waals surface area contributed by atoms with Crippen LogP contribution in [-0.4, -0.2) is 34.4 Å². The summed E-state index contributed by atoms with van der Waals surface area (Å²) in [7, 11) is 0. The minimum atomic E-state index is -0.670. The number of pyridine rings is 1. The van der Waals surface area contributed by atoms with Crippen LogP contribution < -0.4 is 10.6 Å². The number of fused-ring (bicyclic) bond motifs is 1. The maximum atomic E-state index is 12.9. The van der Waals surface area contributed by atoms with Gasteiger partial charge in [0.05, 0.1) is 5.52 Å². The van der Waals surface area contributed by atoms with E-state index in [2.05, 4.69) is 22.2 Å². The molecule has 1 aromatic heterocycles. The predicted molar refractivity (Wildman–Crippen MR) is 120 cm³/mol. The fourth-order valence-electron chi connectivity index (χ4n) is 3.45. The number of hydrogen-bond acceptors (Lipinski definition) is 3. The first-order valence-electron chi connectivity index (χ1n) is 9.25. The van der Waals surface area contributed by atoms with Crippen molar-refractivity contribution in [2.75, 3.05) is 17.2 Å². The summed E-state index contributed by atoms with van der Waals surface area (Å²) in [6.45, 7) is 4.24. The van der Waals surface area contributed by atoms with Gasteiger partial charge in [-0.2, -0.15) is 0 Å². The maximum Gasteiger partial charge on any atom is 0.322 e. The van der Waals surface area contributed by atoms with E-state index in [1.807, 2.05) is 24.3 Å². The molecule has 0 bridgehead atoms. The smallest absolute Gasteiger partial charge is 0.322 e. The summed E-state index contributed by atoms with van der Waals surface area (Å²) in [5.74, 6) is -0.281. The summed E-state index contributed by atoms with van der Waals surface area (Å²) in [5, 5.41) is 7.37. The molecule has 2 N–H and O–H groups in total. The second-order valence-electron chi connectivity index (χ2n) is 7.09. The molecule has 0 saturated carbocycles. The zero-order valence-electron chi connectivity index (χ0n) is 15.9. The molecule has 3 aromatic rings. The van der Waals surface area contributed by atoms with Gasteiger partial charge in [-0.1, -0.05) is 41.4 Å². The van der Waals surface area contributed by atoms with E-state index in [4.69, 9.17) is 23.2 Å². The van der Waals surface area contributed by atoms with Crippen LogP contribution in [0.15, 0.2) is 66.9 Å². The van der Waals surface area contributed by atoms with Crippen molar-refractivity contribution in [1.29, 1.82) is 0 Å². The van der Waals surface area contributed by atoms with Crippen LogP contribution in [-0.2, 0) is 4.79 Å². The van der Waals surface area contributed by atoms with Crippen molar-refractivity contribution in [2.45, 2.75) is 12.5 Å². The van der Waals surface area contributed by atoms with Crippen LogP contribution >= 0.6 is 23.2 Å². The Labute approximate surface area is 183 Å². The third kappa shape index (κ3) is 4.40. The molecule has 2 aromatic carbocycles. The van der Waals surface area contributed by atoms with Crippen molar-refractivity contribution in [3.8, 4) is 0 Å². The Morgan fingerprint density at radius 2 is 1.80 bits per heavy atom. The van der Waals surface area contributed by atoms with E-state index in [1.165, 1.54) is 4.90 Å². The van der Waals surface area contributed by atoms with Gasteiger partial charge in [-0.05, 0) is 48.9 Å². The molecule has 1 aliphatic rings. The summed E-state index contributed by atoms with van der Waals surface area (Å²) in [5.41, 5.74) is 2.74. The molecular weight excluding hydrogens is 423 g/mol. The lowest BCUT2D eigenvalue weighted by atomic mass is 10.1. The fourth-order valence-corrected chi connectivity index (χ4v) is 3.97. The topological polar surface area (TPSA) is 74.3 Å². The van der Waals surface area contributed by atoms with Crippen molar-refractivity contribution in [2.24, 2.45) is 0 Å². The first-order valence-corrected chi connectivity index (χ1v) is 10.0. The first kappa shape index (κ1) is 20.2. The number of nitrogens with one attached hydrogen (secondary N) is 2. The van der Waals surface area contributed by atoms with Gasteiger partial charge in [-0.15, -0.1) is 0 Å². The average Bonchev–Trinajstić information content (AvgIpc) is 3.09. The van der Waals surface area contributed by atoms with Crippen molar-refractivity contribution in [1.82, 2.24) is 9.88 Å². The second-order valence-corrected chi connectivity index (χ2v) is 7.96. The first-order chi connectivity index (χ1) is 14.4. The minimum Gasteiger partial charge on any atom is -0.324 e. The Balaban J connectivity index is 1.50. The molecule has 0 spiro atoms. The number of carbonyl (C=O) groups is 2. The number of likely N-dealkylation sites (tertiary alicyclic amines) is 1. The lowest BCUT2D eigenvalue weighted by molar-refractivity contribution is -0.119. The van der Waals surface area contributed by atoms with Crippen LogP contribution in [0, 0.1) is 0 Å². The van der Waals surface area contributed by atoms with Gasteiger partial charge in [0.25, 0.3) is 0 Å². The molecule has 1 atom stereocenters. The third-order valence-electron chi connectivity index (χ3n) is 4.80. The van der Waals surface area contributed by atoms with Gasteiger partial charge >= 0.3 is 6.03 Å². The van der Waals surface area contributed by atoms with Gasteiger partial charge in [0.2, 0.25) is 5.91 Å². The van der Waals surface area contributed by atoms with Gasteiger partial charge in [0.1, 0.15) is 6.04 Å². The summed E-state index contributed by atoms with van der Waals surface area (Å²) in [6, 6.07) is 12.9. The molecule has 1 fully saturated rings. The largest absolute Gasteiger partial charge is 0.324 e. The van der Waals surface area contributed by atoms with Crippen LogP contribution in [0.25, 0.3) is 10.9 Å². The molecule has 30 heavy (non-hydrogen) atoms. The summed E-state index contributed by atoms with van der Waals surface area (Å²) in [4.78, 5) is 31.5. The molecule has 6 nitrogen and oxygen atoms in total. The van der Waals surface area contributed by atoms with Crippen LogP contribution in [0.1, 0.15) is 6.42 Å². The number of hydrogen-bond donors (Lipinski definition) is 2. The highest BCUT2D eigenvalue weighted by Crippen LogP contribution is 2.27. The molecule has 0 radical (unpaired) electrons. The highest BCUT2D eigenvalue weighted by atomic mass is 35.5. The number of halogens is 2. The number of benzene rings is 2. The number of anilines is 2. The number of amides is 3. The lowest BCUT2D eigenvalue weighted by Crippen LogP contribution is -2.45. The summed E-state index contributed by atoms with van der Waals surface area (Å²) >= 11 is 12.0. The molecule has 1 unspecified atom stereocenters. The highest BCUT2D eigenvalue weighted by molar-refractivity contribution is 6.35. The Hall–Kier alpha value is -3.09. The Kier molecular flexibility index (Phi) is 5.61. The fraction of sp³-hybridized carbons (Fsp3) is 0.136. The van der Waals surface area contributed by atoms with E-state index in [-0.39, 0.29) is 5.91 Å². The van der Waals surface area contributed by atoms with Gasteiger partial charge in [0.15, 0.2) is 0 Å². The molecule has 152 valence electrons. The number of carbonyl (C=O) groups excluding carboxylic acids is 2. The van der Waals surface area contributed by atoms with Crippen molar-refractivity contribution in [3.63, 3.8) is 0 Å². The van der Waals surface area contributed by atoms with Crippen molar-refractivity contribution >= 4 is 57.4 Å². The van der Waals surface area contributed by atoms with Gasteiger partial charge < -0.3 is 15.5 Å². The standard InChI is InChI=1S/C22H18Cl2N4O2/c1-13-7-20(21(29)26-17-4-5-19-14(8-17)3-2-6-25-19)28(12-13)22(30)27-18-10-15(23)9-16(24)11-18/h2-6,8-11,20H,1,7,12H2,(H,26,29)(H,27,30). The molecule has 3 amide bonds. The monoisotopic (exact) mass is 440 g/mol. The normalized spacial score (nSPS) is 16.0. The molecule has 4 rings (SSSR count). The lowest BCUT2D eigenvalue weighted by Gasteiger charge is -2.24. The summed E-state index contributed by atoms with van der Waals surface area (Å²) < 4.78 is 0. The zero-order chi connectivity index (χ0) is 21.3. The number of aromatic nitrogens is 1. The molecule has 2 heterocycles. The van der Waals surface area contributed by atoms with Crippen LogP contribution in [0.5, 0.6) is 0 Å². The van der Waals surface area contributed by atoms with E-state index in [0.29, 0.717) is 34.4 Å². The van der Waals surface area contributed by atoms with E-state index in [1.54, 1.807) is 30.5 Å². The van der Waals surface area contributed by atoms with E-state index in [9.17, 15) is 9.59 Å². The molecule has 0 aliphatic carbocycles. The second kappa shape index (κ2) is 8.34. The summed E-state index contributed by atoms with van der Waals surface area (Å²) in [6.07, 6.45) is 2.11. The number of urea groups is 1. The van der Waals surface area contributed by atoms with E-state index < -0.39 is 12.1 Å². The molecule has 8 heteroatoms. The van der Waals surface area contributed by atoms with Crippen molar-refractivity contribution in [3.05, 3.63) is 76.9 Å². The molecule has 1 saturated heterocycles. The molecule has 1 aliphatic heterocycles. The Morgan fingerprint density at radius 1 is 1.03 bits per heavy atom. The average molecular weight is 441 g/mol. The van der Waals surface area contributed by atoms with Crippen molar-refractivity contribution < 1.29 is 9.59 Å². The number of nitrogens with zero attached hydrogens (tertiary/aromatic N) is 2.